The van der Waals surface area contributed by atoms with Crippen molar-refractivity contribution in [1.29, 1.82) is 0 Å². The Labute approximate surface area is 73.0 Å². The first kappa shape index (κ1) is 8.24. The van der Waals surface area contributed by atoms with Crippen molar-refractivity contribution in [2.75, 3.05) is 0 Å². The van der Waals surface area contributed by atoms with Crippen LogP contribution in [0.2, 0.25) is 0 Å². The minimum atomic E-state index is -0.217. The average Bonchev–Trinajstić information content (AvgIpc) is 2.31. The summed E-state index contributed by atoms with van der Waals surface area (Å²) >= 11 is 0. The number of hydrogen-bond acceptors (Lipinski definition) is 2. The Morgan fingerprint density at radius 3 is 3.00 bits per heavy atom. The molecule has 0 radical (unpaired) electrons. The van der Waals surface area contributed by atoms with Gasteiger partial charge in [-0.3, -0.25) is 4.79 Å². The molecule has 2 heteroatoms. The van der Waals surface area contributed by atoms with Gasteiger partial charge in [-0.05, 0) is 31.1 Å². The maximum absolute atomic E-state index is 11.4. The van der Waals surface area contributed by atoms with E-state index in [9.17, 15) is 9.90 Å². The number of ketones is 1. The summed E-state index contributed by atoms with van der Waals surface area (Å²) in [6.07, 6.45) is 4.21. The predicted molar refractivity (Wildman–Crippen MR) is 45.7 cm³/mol. The van der Waals surface area contributed by atoms with Crippen LogP contribution in [0.1, 0.15) is 39.0 Å². The molecular formula is C10H16O2. The molecule has 0 aliphatic heterocycles. The predicted octanol–water partition coefficient (Wildman–Crippen LogP) is 1.52. The Balaban J connectivity index is 2.19. The highest BCUT2D eigenvalue weighted by Gasteiger charge is 2.47. The summed E-state index contributed by atoms with van der Waals surface area (Å²) in [7, 11) is 0. The van der Waals surface area contributed by atoms with Gasteiger partial charge in [-0.1, -0.05) is 6.92 Å². The number of Topliss-reactive ketones (excluding diaryl/α,β-unsaturated/α-hetero) is 1. The molecule has 0 bridgehead atoms. The molecule has 0 spiro atoms. The van der Waals surface area contributed by atoms with E-state index in [1.54, 1.807) is 0 Å². The third-order valence-corrected chi connectivity index (χ3v) is 3.73. The Hall–Kier alpha value is -0.370. The van der Waals surface area contributed by atoms with Crippen LogP contribution in [0.5, 0.6) is 0 Å². The van der Waals surface area contributed by atoms with Gasteiger partial charge in [0.2, 0.25) is 0 Å². The molecule has 2 rings (SSSR count). The van der Waals surface area contributed by atoms with Gasteiger partial charge in [0.05, 0.1) is 6.10 Å². The summed E-state index contributed by atoms with van der Waals surface area (Å²) in [6.45, 7) is 2.20. The summed E-state index contributed by atoms with van der Waals surface area (Å²) < 4.78 is 0. The van der Waals surface area contributed by atoms with Gasteiger partial charge in [-0.2, -0.15) is 0 Å². The van der Waals surface area contributed by atoms with Crippen LogP contribution in [-0.4, -0.2) is 17.0 Å². The fraction of sp³-hybridized carbons (Fsp3) is 0.900. The van der Waals surface area contributed by atoms with E-state index < -0.39 is 0 Å². The molecule has 0 heterocycles. The first-order valence-corrected chi connectivity index (χ1v) is 4.83. The zero-order chi connectivity index (χ0) is 8.77. The molecule has 2 fully saturated rings. The summed E-state index contributed by atoms with van der Waals surface area (Å²) in [5.41, 5.74) is 0.232. The van der Waals surface area contributed by atoms with Crippen molar-refractivity contribution in [2.24, 2.45) is 11.3 Å². The van der Waals surface area contributed by atoms with Crippen LogP contribution < -0.4 is 0 Å². The SMILES string of the molecule is C[C@@]12CCC(=O)[C@@H]1C[C@@H](O)CC2. The lowest BCUT2D eigenvalue weighted by atomic mass is 9.68. The van der Waals surface area contributed by atoms with Crippen molar-refractivity contribution in [3.05, 3.63) is 0 Å². The van der Waals surface area contributed by atoms with Crippen LogP contribution in [0.25, 0.3) is 0 Å². The Bertz CT molecular complexity index is 212. The largest absolute Gasteiger partial charge is 0.393 e. The number of fused-ring (bicyclic) bond motifs is 1. The summed E-state index contributed by atoms with van der Waals surface area (Å²) in [5, 5.41) is 9.44. The first-order chi connectivity index (χ1) is 5.62. The maximum Gasteiger partial charge on any atom is 0.136 e. The quantitative estimate of drug-likeness (QED) is 0.595. The van der Waals surface area contributed by atoms with E-state index in [0.29, 0.717) is 5.78 Å². The molecule has 2 aliphatic carbocycles. The molecule has 0 unspecified atom stereocenters. The first-order valence-electron chi connectivity index (χ1n) is 4.83. The van der Waals surface area contributed by atoms with Crippen LogP contribution >= 0.6 is 0 Å². The van der Waals surface area contributed by atoms with E-state index in [1.807, 2.05) is 0 Å². The van der Waals surface area contributed by atoms with E-state index >= 15 is 0 Å². The molecule has 3 atom stereocenters. The molecule has 12 heavy (non-hydrogen) atoms. The molecular weight excluding hydrogens is 152 g/mol. The molecule has 0 aromatic carbocycles. The molecule has 0 saturated heterocycles. The minimum Gasteiger partial charge on any atom is -0.393 e. The second-order valence-corrected chi connectivity index (χ2v) is 4.60. The van der Waals surface area contributed by atoms with Crippen LogP contribution in [0.4, 0.5) is 0 Å². The molecule has 2 saturated carbocycles. The zero-order valence-electron chi connectivity index (χ0n) is 7.55. The summed E-state index contributed by atoms with van der Waals surface area (Å²) in [4.78, 5) is 11.4. The van der Waals surface area contributed by atoms with Crippen molar-refractivity contribution in [3.8, 4) is 0 Å². The van der Waals surface area contributed by atoms with Gasteiger partial charge < -0.3 is 5.11 Å². The van der Waals surface area contributed by atoms with Crippen LogP contribution in [0.15, 0.2) is 0 Å². The van der Waals surface area contributed by atoms with Gasteiger partial charge >= 0.3 is 0 Å². The molecule has 1 N–H and O–H groups in total. The number of rotatable bonds is 0. The van der Waals surface area contributed by atoms with E-state index in [4.69, 9.17) is 0 Å². The second kappa shape index (κ2) is 2.56. The van der Waals surface area contributed by atoms with Crippen molar-refractivity contribution < 1.29 is 9.90 Å². The standard InChI is InChI=1S/C10H16O2/c1-10-4-2-7(11)6-8(10)9(12)3-5-10/h7-8,11H,2-6H2,1H3/t7-,8-,10+/m0/s1. The molecule has 2 aliphatic rings. The van der Waals surface area contributed by atoms with Crippen molar-refractivity contribution >= 4 is 5.78 Å². The Morgan fingerprint density at radius 2 is 2.25 bits per heavy atom. The highest BCUT2D eigenvalue weighted by Crippen LogP contribution is 2.49. The molecule has 2 nitrogen and oxygen atoms in total. The van der Waals surface area contributed by atoms with Gasteiger partial charge in [-0.15, -0.1) is 0 Å². The molecule has 0 aromatic heterocycles. The monoisotopic (exact) mass is 168 g/mol. The van der Waals surface area contributed by atoms with Crippen LogP contribution in [0.3, 0.4) is 0 Å². The lowest BCUT2D eigenvalue weighted by Crippen LogP contribution is -2.35. The minimum absolute atomic E-state index is 0.168. The number of aliphatic hydroxyl groups is 1. The molecule has 68 valence electrons. The molecule has 0 amide bonds. The topological polar surface area (TPSA) is 37.3 Å². The number of carbonyl (C=O) groups is 1. The second-order valence-electron chi connectivity index (χ2n) is 4.60. The van der Waals surface area contributed by atoms with E-state index in [0.717, 1.165) is 32.1 Å². The third kappa shape index (κ3) is 1.09. The van der Waals surface area contributed by atoms with Crippen molar-refractivity contribution in [1.82, 2.24) is 0 Å². The van der Waals surface area contributed by atoms with Gasteiger partial charge in [0.25, 0.3) is 0 Å². The normalized spacial score (nSPS) is 47.7. The van der Waals surface area contributed by atoms with E-state index in [2.05, 4.69) is 6.92 Å². The third-order valence-electron chi connectivity index (χ3n) is 3.73. The van der Waals surface area contributed by atoms with Crippen molar-refractivity contribution in [3.63, 3.8) is 0 Å². The lowest BCUT2D eigenvalue weighted by molar-refractivity contribution is -0.124. The highest BCUT2D eigenvalue weighted by atomic mass is 16.3. The number of carbonyl (C=O) groups excluding carboxylic acids is 1. The fourth-order valence-electron chi connectivity index (χ4n) is 2.75. The van der Waals surface area contributed by atoms with Crippen LogP contribution in [0, 0.1) is 11.3 Å². The maximum atomic E-state index is 11.4. The van der Waals surface area contributed by atoms with Gasteiger partial charge in [0.1, 0.15) is 5.78 Å². The van der Waals surface area contributed by atoms with Crippen molar-refractivity contribution in [2.45, 2.75) is 45.1 Å². The van der Waals surface area contributed by atoms with Gasteiger partial charge in [-0.25, -0.2) is 0 Å². The molecule has 0 aromatic rings. The summed E-state index contributed by atoms with van der Waals surface area (Å²) in [6, 6.07) is 0. The number of hydrogen-bond donors (Lipinski definition) is 1. The average molecular weight is 168 g/mol. The van der Waals surface area contributed by atoms with Gasteiger partial charge in [0.15, 0.2) is 0 Å². The fourth-order valence-corrected chi connectivity index (χ4v) is 2.75. The van der Waals surface area contributed by atoms with Crippen LogP contribution in [-0.2, 0) is 4.79 Å². The van der Waals surface area contributed by atoms with E-state index in [1.165, 1.54) is 0 Å². The lowest BCUT2D eigenvalue weighted by Gasteiger charge is -2.37. The smallest absolute Gasteiger partial charge is 0.136 e. The highest BCUT2D eigenvalue weighted by molar-refractivity contribution is 5.84. The van der Waals surface area contributed by atoms with Gasteiger partial charge in [0, 0.05) is 12.3 Å². The zero-order valence-corrected chi connectivity index (χ0v) is 7.55. The van der Waals surface area contributed by atoms with E-state index in [-0.39, 0.29) is 17.4 Å². The Morgan fingerprint density at radius 1 is 1.50 bits per heavy atom. The summed E-state index contributed by atoms with van der Waals surface area (Å²) in [5.74, 6) is 0.553. The number of aliphatic hydroxyl groups excluding tert-OH is 1. The Kier molecular flexibility index (Phi) is 1.76.